The molecule has 6 rings (SSSR count). The fraction of sp³-hybridized carbons (Fsp3) is 0.640. The number of allylic oxidation sites excluding steroid dienone is 2. The number of ether oxygens (including phenoxy) is 1. The molecule has 0 radical (unpaired) electrons. The summed E-state index contributed by atoms with van der Waals surface area (Å²) in [5.41, 5.74) is 1.93. The van der Waals surface area contributed by atoms with Crippen LogP contribution in [0, 0.1) is 35.5 Å². The maximum absolute atomic E-state index is 12.6. The van der Waals surface area contributed by atoms with Gasteiger partial charge in [-0.2, -0.15) is 0 Å². The third-order valence-electron chi connectivity index (χ3n) is 8.85. The van der Waals surface area contributed by atoms with Crippen molar-refractivity contribution in [3.8, 4) is 0 Å². The van der Waals surface area contributed by atoms with Crippen LogP contribution in [0.4, 0.5) is 0 Å². The van der Waals surface area contributed by atoms with Gasteiger partial charge in [0.05, 0.1) is 5.56 Å². The molecular weight excluding hydrogens is 332 g/mol. The van der Waals surface area contributed by atoms with E-state index in [1.54, 1.807) is 0 Å². The quantitative estimate of drug-likeness (QED) is 0.389. The zero-order valence-corrected chi connectivity index (χ0v) is 16.3. The molecule has 0 amide bonds. The topological polar surface area (TPSA) is 26.3 Å². The molecule has 5 aliphatic rings. The molecule has 7 atom stereocenters. The average Bonchev–Trinajstić information content (AvgIpc) is 3.46. The molecule has 5 aliphatic carbocycles. The molecule has 4 fully saturated rings. The van der Waals surface area contributed by atoms with Crippen LogP contribution in [-0.2, 0) is 4.74 Å². The molecule has 2 nitrogen and oxygen atoms in total. The van der Waals surface area contributed by atoms with Gasteiger partial charge in [0.15, 0.2) is 0 Å². The fourth-order valence-corrected chi connectivity index (χ4v) is 7.77. The lowest BCUT2D eigenvalue weighted by Gasteiger charge is -2.37. The third-order valence-corrected chi connectivity index (χ3v) is 8.85. The molecule has 1 aromatic rings. The van der Waals surface area contributed by atoms with Gasteiger partial charge < -0.3 is 4.74 Å². The zero-order valence-electron chi connectivity index (χ0n) is 16.3. The van der Waals surface area contributed by atoms with Crippen LogP contribution in [0.15, 0.2) is 36.4 Å². The minimum atomic E-state index is -0.245. The molecule has 0 heterocycles. The van der Waals surface area contributed by atoms with E-state index >= 15 is 0 Å². The molecule has 0 spiro atoms. The van der Waals surface area contributed by atoms with E-state index in [0.29, 0.717) is 5.92 Å². The lowest BCUT2D eigenvalue weighted by atomic mass is 9.68. The molecule has 0 aromatic heterocycles. The van der Waals surface area contributed by atoms with Gasteiger partial charge in [-0.25, -0.2) is 4.79 Å². The van der Waals surface area contributed by atoms with Crippen molar-refractivity contribution in [3.05, 3.63) is 47.5 Å². The minimum Gasteiger partial charge on any atom is -0.456 e. The fourth-order valence-electron chi connectivity index (χ4n) is 7.77. The van der Waals surface area contributed by atoms with Crippen molar-refractivity contribution in [1.82, 2.24) is 0 Å². The first-order valence-electron chi connectivity index (χ1n) is 11.1. The van der Waals surface area contributed by atoms with Gasteiger partial charge in [0, 0.05) is 0 Å². The highest BCUT2D eigenvalue weighted by Crippen LogP contribution is 2.68. The van der Waals surface area contributed by atoms with Crippen molar-refractivity contribution in [2.75, 3.05) is 0 Å². The molecule has 2 heteroatoms. The Balaban J connectivity index is 1.18. The van der Waals surface area contributed by atoms with Crippen molar-refractivity contribution >= 4 is 5.97 Å². The average molecular weight is 363 g/mol. The van der Waals surface area contributed by atoms with E-state index in [0.717, 1.165) is 53.9 Å². The Kier molecular flexibility index (Phi) is 3.47. The van der Waals surface area contributed by atoms with Gasteiger partial charge in [0.2, 0.25) is 0 Å². The Morgan fingerprint density at radius 3 is 2.41 bits per heavy atom. The van der Waals surface area contributed by atoms with Crippen molar-refractivity contribution < 1.29 is 9.53 Å². The van der Waals surface area contributed by atoms with Crippen LogP contribution in [0.25, 0.3) is 0 Å². The lowest BCUT2D eigenvalue weighted by Crippen LogP contribution is -2.30. The maximum atomic E-state index is 12.6. The number of carbonyl (C=O) groups is 1. The number of carbonyl (C=O) groups excluding carboxylic acids is 1. The molecule has 0 N–H and O–H groups in total. The van der Waals surface area contributed by atoms with E-state index in [9.17, 15) is 4.79 Å². The highest BCUT2D eigenvalue weighted by atomic mass is 16.6. The molecule has 27 heavy (non-hydrogen) atoms. The highest BCUT2D eigenvalue weighted by Gasteiger charge is 2.60. The van der Waals surface area contributed by atoms with E-state index in [-0.39, 0.29) is 11.6 Å². The monoisotopic (exact) mass is 362 g/mol. The summed E-state index contributed by atoms with van der Waals surface area (Å²) in [5, 5.41) is 0. The first-order valence-corrected chi connectivity index (χ1v) is 11.1. The van der Waals surface area contributed by atoms with Crippen LogP contribution >= 0.6 is 0 Å². The summed E-state index contributed by atoms with van der Waals surface area (Å²) >= 11 is 0. The summed E-state index contributed by atoms with van der Waals surface area (Å²) in [6.07, 6.45) is 13.6. The van der Waals surface area contributed by atoms with Gasteiger partial charge >= 0.3 is 5.97 Å². The first-order chi connectivity index (χ1) is 13.1. The minimum absolute atomic E-state index is 0.141. The van der Waals surface area contributed by atoms with Gasteiger partial charge in [0.1, 0.15) is 5.60 Å². The number of fused-ring (bicyclic) bond motifs is 9. The number of hydrogen-bond donors (Lipinski definition) is 0. The summed E-state index contributed by atoms with van der Waals surface area (Å²) in [6, 6.07) is 8.47. The normalized spacial score (nSPS) is 42.6. The van der Waals surface area contributed by atoms with E-state index in [4.69, 9.17) is 4.74 Å². The van der Waals surface area contributed by atoms with Crippen molar-refractivity contribution in [3.63, 3.8) is 0 Å². The van der Waals surface area contributed by atoms with Crippen LogP contribution in [-0.4, -0.2) is 11.6 Å². The summed E-state index contributed by atoms with van der Waals surface area (Å²) in [4.78, 5) is 12.6. The second-order valence-electron chi connectivity index (χ2n) is 10.3. The van der Waals surface area contributed by atoms with E-state index in [1.807, 2.05) is 12.1 Å². The van der Waals surface area contributed by atoms with E-state index < -0.39 is 0 Å². The van der Waals surface area contributed by atoms with Gasteiger partial charge in [-0.15, -0.1) is 0 Å². The van der Waals surface area contributed by atoms with Crippen LogP contribution in [0.5, 0.6) is 0 Å². The second kappa shape index (κ2) is 5.72. The highest BCUT2D eigenvalue weighted by molar-refractivity contribution is 5.89. The Morgan fingerprint density at radius 1 is 0.963 bits per heavy atom. The molecule has 4 saturated carbocycles. The summed E-state index contributed by atoms with van der Waals surface area (Å²) in [5.74, 6) is 6.06. The summed E-state index contributed by atoms with van der Waals surface area (Å²) < 4.78 is 5.84. The smallest absolute Gasteiger partial charge is 0.338 e. The molecule has 0 saturated heterocycles. The Hall–Kier alpha value is -1.57. The van der Waals surface area contributed by atoms with Gasteiger partial charge in [-0.1, -0.05) is 24.3 Å². The molecule has 0 aliphatic heterocycles. The second-order valence-corrected chi connectivity index (χ2v) is 10.3. The Bertz CT molecular complexity index is 785. The number of rotatable bonds is 3. The van der Waals surface area contributed by atoms with Crippen molar-refractivity contribution in [2.24, 2.45) is 35.5 Å². The molecule has 1 aromatic carbocycles. The van der Waals surface area contributed by atoms with Crippen molar-refractivity contribution in [1.29, 1.82) is 0 Å². The Morgan fingerprint density at radius 2 is 1.67 bits per heavy atom. The van der Waals surface area contributed by atoms with E-state index in [2.05, 4.69) is 31.2 Å². The van der Waals surface area contributed by atoms with E-state index in [1.165, 1.54) is 37.7 Å². The first kappa shape index (κ1) is 16.4. The molecule has 4 bridgehead atoms. The molecular formula is C25H30O2. The standard InChI is InChI=1S/C25H30O2/c1-25(10-2-3-11-25)27-24(26)16-6-4-15(5-7-16)20-13-19-14-21(20)23-18-9-8-17(12-18)22(19)23/h4-9,17-23H,2-3,10-14H2,1H3. The number of esters is 1. The summed E-state index contributed by atoms with van der Waals surface area (Å²) in [7, 11) is 0. The lowest BCUT2D eigenvalue weighted by molar-refractivity contribution is -0.00609. The number of hydrogen-bond acceptors (Lipinski definition) is 2. The zero-order chi connectivity index (χ0) is 18.2. The van der Waals surface area contributed by atoms with Gasteiger partial charge in [-0.3, -0.25) is 0 Å². The SMILES string of the molecule is CC1(OC(=O)c2ccc(C3CC4CC3C3C5C=CC(C5)C43)cc2)CCCC1. The molecule has 7 unspecified atom stereocenters. The largest absolute Gasteiger partial charge is 0.456 e. The van der Waals surface area contributed by atoms with Crippen LogP contribution in [0.2, 0.25) is 0 Å². The van der Waals surface area contributed by atoms with Gasteiger partial charge in [-0.05, 0) is 111 Å². The molecule has 142 valence electrons. The van der Waals surface area contributed by atoms with Gasteiger partial charge in [0.25, 0.3) is 0 Å². The van der Waals surface area contributed by atoms with Crippen LogP contribution in [0.1, 0.15) is 73.7 Å². The predicted octanol–water partition coefficient (Wildman–Crippen LogP) is 5.74. The maximum Gasteiger partial charge on any atom is 0.338 e. The predicted molar refractivity (Wildman–Crippen MR) is 105 cm³/mol. The number of benzene rings is 1. The van der Waals surface area contributed by atoms with Crippen LogP contribution < -0.4 is 0 Å². The summed E-state index contributed by atoms with van der Waals surface area (Å²) in [6.45, 7) is 2.09. The third kappa shape index (κ3) is 2.41. The van der Waals surface area contributed by atoms with Crippen LogP contribution in [0.3, 0.4) is 0 Å². The Labute approximate surface area is 162 Å². The van der Waals surface area contributed by atoms with Crippen molar-refractivity contribution in [2.45, 2.75) is 63.4 Å².